The molecule has 1 aliphatic heterocycles. The molecule has 0 fully saturated rings. The molecule has 1 aromatic carbocycles. The average molecular weight is 445 g/mol. The summed E-state index contributed by atoms with van der Waals surface area (Å²) in [5, 5.41) is 0. The Kier molecular flexibility index (Phi) is 6.03. The van der Waals surface area contributed by atoms with Gasteiger partial charge in [-0.15, -0.1) is 0 Å². The van der Waals surface area contributed by atoms with Gasteiger partial charge in [-0.25, -0.2) is 18.2 Å². The first-order valence-electron chi connectivity index (χ1n) is 9.32. The largest absolute Gasteiger partial charge is 0.364 e. The van der Waals surface area contributed by atoms with Crippen molar-refractivity contribution in [3.05, 3.63) is 52.4 Å². The molecule has 31 heavy (non-hydrogen) atoms. The SMILES string of the molecule is CC(F)(F)c1nc(C(N)=O)c2n1CCN(C(=O)C[C@H](N)Cc1cc(F)c(F)cc1F)C2. The first-order valence-corrected chi connectivity index (χ1v) is 9.32. The molecule has 1 atom stereocenters. The van der Waals surface area contributed by atoms with Crippen LogP contribution in [0.15, 0.2) is 12.1 Å². The Balaban J connectivity index is 1.73. The summed E-state index contributed by atoms with van der Waals surface area (Å²) in [5.41, 5.74) is 10.7. The summed E-state index contributed by atoms with van der Waals surface area (Å²) >= 11 is 0. The van der Waals surface area contributed by atoms with Crippen molar-refractivity contribution in [3.8, 4) is 0 Å². The molecule has 0 bridgehead atoms. The van der Waals surface area contributed by atoms with Gasteiger partial charge in [0.25, 0.3) is 5.91 Å². The lowest BCUT2D eigenvalue weighted by Crippen LogP contribution is -2.42. The van der Waals surface area contributed by atoms with Crippen molar-refractivity contribution >= 4 is 11.8 Å². The molecule has 2 heterocycles. The van der Waals surface area contributed by atoms with E-state index >= 15 is 0 Å². The lowest BCUT2D eigenvalue weighted by Gasteiger charge is -2.30. The third-order valence-corrected chi connectivity index (χ3v) is 4.99. The normalized spacial score (nSPS) is 15.0. The maximum absolute atomic E-state index is 13.8. The molecule has 0 saturated heterocycles. The van der Waals surface area contributed by atoms with Crippen LogP contribution in [0.4, 0.5) is 22.0 Å². The smallest absolute Gasteiger partial charge is 0.302 e. The Morgan fingerprint density at radius 2 is 1.81 bits per heavy atom. The molecule has 1 aliphatic rings. The highest BCUT2D eigenvalue weighted by atomic mass is 19.3. The second-order valence-corrected chi connectivity index (χ2v) is 7.48. The van der Waals surface area contributed by atoms with Crippen LogP contribution >= 0.6 is 0 Å². The molecular weight excluding hydrogens is 425 g/mol. The summed E-state index contributed by atoms with van der Waals surface area (Å²) in [7, 11) is 0. The number of imidazole rings is 1. The van der Waals surface area contributed by atoms with E-state index in [-0.39, 0.29) is 49.4 Å². The number of primary amides is 1. The Morgan fingerprint density at radius 1 is 1.16 bits per heavy atom. The molecule has 0 aliphatic carbocycles. The van der Waals surface area contributed by atoms with Gasteiger partial charge in [0.1, 0.15) is 5.82 Å². The molecule has 0 unspecified atom stereocenters. The molecule has 7 nitrogen and oxygen atoms in total. The quantitative estimate of drug-likeness (QED) is 0.522. The summed E-state index contributed by atoms with van der Waals surface area (Å²) in [6, 6.07) is 0.169. The molecule has 0 spiro atoms. The first kappa shape index (κ1) is 22.7. The molecule has 1 aromatic heterocycles. The number of carbonyl (C=O) groups is 2. The van der Waals surface area contributed by atoms with Gasteiger partial charge in [-0.2, -0.15) is 8.78 Å². The predicted molar refractivity (Wildman–Crippen MR) is 98.3 cm³/mol. The van der Waals surface area contributed by atoms with Crippen molar-refractivity contribution < 1.29 is 31.5 Å². The number of rotatable bonds is 6. The topological polar surface area (TPSA) is 107 Å². The fourth-order valence-electron chi connectivity index (χ4n) is 3.54. The molecule has 3 rings (SSSR count). The monoisotopic (exact) mass is 445 g/mol. The molecule has 12 heteroatoms. The summed E-state index contributed by atoms with van der Waals surface area (Å²) < 4.78 is 69.0. The Morgan fingerprint density at radius 3 is 2.42 bits per heavy atom. The van der Waals surface area contributed by atoms with Crippen LogP contribution < -0.4 is 11.5 Å². The van der Waals surface area contributed by atoms with Crippen LogP contribution in [0.3, 0.4) is 0 Å². The third-order valence-electron chi connectivity index (χ3n) is 4.99. The number of nitrogens with two attached hydrogens (primary N) is 2. The van der Waals surface area contributed by atoms with Crippen LogP contribution in [0.5, 0.6) is 0 Å². The standard InChI is InChI=1S/C19H20F5N5O2/c1-19(23,24)18-27-16(17(26)31)14-8-28(2-3-29(14)18)15(30)6-10(25)4-9-5-12(21)13(22)7-11(9)20/h5,7,10H,2-4,6,8,25H2,1H3,(H2,26,31)/t10-/m1/s1. The second kappa shape index (κ2) is 8.25. The lowest BCUT2D eigenvalue weighted by atomic mass is 10.0. The number of hydrogen-bond donors (Lipinski definition) is 2. The van der Waals surface area contributed by atoms with Crippen molar-refractivity contribution in [1.82, 2.24) is 14.5 Å². The molecule has 2 aromatic rings. The fourth-order valence-corrected chi connectivity index (χ4v) is 3.54. The molecular formula is C19H20F5N5O2. The summed E-state index contributed by atoms with van der Waals surface area (Å²) in [6.45, 7) is 0.469. The predicted octanol–water partition coefficient (Wildman–Crippen LogP) is 1.81. The highest BCUT2D eigenvalue weighted by Crippen LogP contribution is 2.30. The van der Waals surface area contributed by atoms with Crippen LogP contribution in [0.25, 0.3) is 0 Å². The van der Waals surface area contributed by atoms with Gasteiger partial charge in [-0.3, -0.25) is 9.59 Å². The third kappa shape index (κ3) is 4.68. The number of aromatic nitrogens is 2. The van der Waals surface area contributed by atoms with Crippen LogP contribution in [0.1, 0.15) is 40.9 Å². The van der Waals surface area contributed by atoms with Gasteiger partial charge in [0.15, 0.2) is 23.2 Å². The Bertz CT molecular complexity index is 1030. The Labute approximate surface area is 173 Å². The van der Waals surface area contributed by atoms with E-state index in [4.69, 9.17) is 11.5 Å². The number of hydrogen-bond acceptors (Lipinski definition) is 4. The zero-order valence-electron chi connectivity index (χ0n) is 16.5. The van der Waals surface area contributed by atoms with E-state index in [0.717, 1.165) is 0 Å². The summed E-state index contributed by atoms with van der Waals surface area (Å²) in [6.07, 6.45) is -0.492. The average Bonchev–Trinajstić information content (AvgIpc) is 3.05. The summed E-state index contributed by atoms with van der Waals surface area (Å²) in [5.74, 6) is -8.97. The van der Waals surface area contributed by atoms with E-state index in [1.165, 1.54) is 9.47 Å². The number of amides is 2. The van der Waals surface area contributed by atoms with Crippen molar-refractivity contribution in [2.24, 2.45) is 11.5 Å². The minimum atomic E-state index is -3.31. The molecule has 0 radical (unpaired) electrons. The molecule has 168 valence electrons. The minimum Gasteiger partial charge on any atom is -0.364 e. The number of nitrogens with zero attached hydrogens (tertiary/aromatic N) is 3. The number of halogens is 5. The van der Waals surface area contributed by atoms with Gasteiger partial charge >= 0.3 is 5.92 Å². The van der Waals surface area contributed by atoms with Crippen LogP contribution in [-0.4, -0.2) is 38.9 Å². The lowest BCUT2D eigenvalue weighted by molar-refractivity contribution is -0.133. The summed E-state index contributed by atoms with van der Waals surface area (Å²) in [4.78, 5) is 29.2. The maximum Gasteiger partial charge on any atom is 0.302 e. The van der Waals surface area contributed by atoms with Crippen LogP contribution in [-0.2, 0) is 30.2 Å². The van der Waals surface area contributed by atoms with E-state index in [1.807, 2.05) is 0 Å². The number of fused-ring (bicyclic) bond motifs is 1. The van der Waals surface area contributed by atoms with Crippen LogP contribution in [0.2, 0.25) is 0 Å². The minimum absolute atomic E-state index is 0.0346. The van der Waals surface area contributed by atoms with E-state index in [1.54, 1.807) is 0 Å². The van der Waals surface area contributed by atoms with Crippen molar-refractivity contribution in [3.63, 3.8) is 0 Å². The van der Waals surface area contributed by atoms with Crippen molar-refractivity contribution in [2.45, 2.75) is 44.8 Å². The molecule has 4 N–H and O–H groups in total. The van der Waals surface area contributed by atoms with E-state index < -0.39 is 47.1 Å². The van der Waals surface area contributed by atoms with Gasteiger partial charge < -0.3 is 20.9 Å². The van der Waals surface area contributed by atoms with Crippen molar-refractivity contribution in [2.75, 3.05) is 6.54 Å². The first-order chi connectivity index (χ1) is 14.4. The number of benzene rings is 1. The fraction of sp³-hybridized carbons (Fsp3) is 0.421. The second-order valence-electron chi connectivity index (χ2n) is 7.48. The number of alkyl halides is 2. The zero-order valence-corrected chi connectivity index (χ0v) is 16.5. The Hall–Kier alpha value is -3.02. The van der Waals surface area contributed by atoms with E-state index in [9.17, 15) is 31.5 Å². The van der Waals surface area contributed by atoms with E-state index in [0.29, 0.717) is 19.1 Å². The zero-order chi connectivity index (χ0) is 23.1. The van der Waals surface area contributed by atoms with Gasteiger partial charge in [-0.05, 0) is 18.1 Å². The molecule has 0 saturated carbocycles. The highest BCUT2D eigenvalue weighted by molar-refractivity contribution is 5.92. The number of carbonyl (C=O) groups excluding carboxylic acids is 2. The highest BCUT2D eigenvalue weighted by Gasteiger charge is 2.37. The van der Waals surface area contributed by atoms with Gasteiger partial charge in [0.05, 0.1) is 12.2 Å². The maximum atomic E-state index is 13.8. The van der Waals surface area contributed by atoms with Gasteiger partial charge in [0.2, 0.25) is 5.91 Å². The van der Waals surface area contributed by atoms with Gasteiger partial charge in [0, 0.05) is 38.5 Å². The van der Waals surface area contributed by atoms with Gasteiger partial charge in [-0.1, -0.05) is 0 Å². The van der Waals surface area contributed by atoms with Crippen molar-refractivity contribution in [1.29, 1.82) is 0 Å². The molecule has 2 amide bonds. The van der Waals surface area contributed by atoms with E-state index in [2.05, 4.69) is 4.98 Å². The van der Waals surface area contributed by atoms with Crippen LogP contribution in [0, 0.1) is 17.5 Å².